The van der Waals surface area contributed by atoms with E-state index in [1.807, 2.05) is 32.2 Å². The van der Waals surface area contributed by atoms with Crippen molar-refractivity contribution in [1.29, 1.82) is 0 Å². The summed E-state index contributed by atoms with van der Waals surface area (Å²) in [4.78, 5) is 4.29. The average molecular weight is 446 g/mol. The van der Waals surface area contributed by atoms with Crippen LogP contribution in [0.25, 0.3) is 0 Å². The van der Waals surface area contributed by atoms with E-state index in [9.17, 15) is 4.57 Å². The Morgan fingerprint density at radius 3 is 2.43 bits per heavy atom. The number of allylic oxidation sites excluding steroid dienone is 1. The van der Waals surface area contributed by atoms with Gasteiger partial charge in [0, 0.05) is 18.3 Å². The third kappa shape index (κ3) is 6.35. The summed E-state index contributed by atoms with van der Waals surface area (Å²) in [5.74, 6) is 0.742. The Labute approximate surface area is 177 Å². The molecule has 1 aliphatic heterocycles. The molecule has 0 saturated carbocycles. The summed E-state index contributed by atoms with van der Waals surface area (Å²) in [6.45, 7) is 12.6. The largest absolute Gasteiger partial charge is 0.362 e. The van der Waals surface area contributed by atoms with Crippen LogP contribution in [0.2, 0.25) is 0 Å². The van der Waals surface area contributed by atoms with Crippen molar-refractivity contribution in [3.8, 4) is 0 Å². The summed E-state index contributed by atoms with van der Waals surface area (Å²) in [6.07, 6.45) is 4.28. The zero-order valence-electron chi connectivity index (χ0n) is 17.6. The Morgan fingerprint density at radius 2 is 1.93 bits per heavy atom. The van der Waals surface area contributed by atoms with Gasteiger partial charge in [0.25, 0.3) is 0 Å². The molecule has 8 heteroatoms. The van der Waals surface area contributed by atoms with Crippen LogP contribution in [-0.2, 0) is 18.3 Å². The third-order valence-corrected chi connectivity index (χ3v) is 8.97. The highest BCUT2D eigenvalue weighted by molar-refractivity contribution is 8.22. The Hall–Kier alpha value is -0.300. The summed E-state index contributed by atoms with van der Waals surface area (Å²) in [7, 11) is -3.43. The minimum absolute atomic E-state index is 0.0419. The second-order valence-electron chi connectivity index (χ2n) is 7.29. The number of rotatable bonds is 9. The topological polar surface area (TPSA) is 57.7 Å². The SMILES string of the molecule is CCOP(=O)(OCC)C1=C(SCC)S[C@H](OC(C)(C)C)C[C@@H]1c1cccnc1. The molecule has 0 aromatic carbocycles. The number of thioether (sulfide) groups is 2. The summed E-state index contributed by atoms with van der Waals surface area (Å²) < 4.78 is 32.7. The predicted molar refractivity (Wildman–Crippen MR) is 120 cm³/mol. The first-order chi connectivity index (χ1) is 13.2. The van der Waals surface area contributed by atoms with Gasteiger partial charge in [0.2, 0.25) is 0 Å². The van der Waals surface area contributed by atoms with Crippen LogP contribution in [0, 0.1) is 0 Å². The fraction of sp³-hybridized carbons (Fsp3) is 0.650. The van der Waals surface area contributed by atoms with Gasteiger partial charge < -0.3 is 13.8 Å². The first-order valence-electron chi connectivity index (χ1n) is 9.75. The van der Waals surface area contributed by atoms with Crippen molar-refractivity contribution < 1.29 is 18.3 Å². The van der Waals surface area contributed by atoms with Crippen LogP contribution in [0.3, 0.4) is 0 Å². The molecule has 0 radical (unpaired) electrons. The van der Waals surface area contributed by atoms with Crippen LogP contribution < -0.4 is 0 Å². The monoisotopic (exact) mass is 445 g/mol. The predicted octanol–water partition coefficient (Wildman–Crippen LogP) is 6.63. The summed E-state index contributed by atoms with van der Waals surface area (Å²) in [6, 6.07) is 3.94. The first kappa shape index (κ1) is 24.0. The fourth-order valence-electron chi connectivity index (χ4n) is 3.07. The molecule has 2 heterocycles. The molecule has 1 aliphatic rings. The van der Waals surface area contributed by atoms with Crippen LogP contribution in [0.4, 0.5) is 0 Å². The van der Waals surface area contributed by atoms with Crippen LogP contribution in [-0.4, -0.2) is 35.0 Å². The molecule has 1 aromatic heterocycles. The maximum Gasteiger partial charge on any atom is 0.359 e. The van der Waals surface area contributed by atoms with E-state index in [0.29, 0.717) is 19.6 Å². The Bertz CT molecular complexity index is 696. The molecule has 2 atom stereocenters. The van der Waals surface area contributed by atoms with Crippen molar-refractivity contribution in [3.63, 3.8) is 0 Å². The van der Waals surface area contributed by atoms with Crippen molar-refractivity contribution >= 4 is 31.1 Å². The van der Waals surface area contributed by atoms with Crippen molar-refractivity contribution in [2.75, 3.05) is 19.0 Å². The van der Waals surface area contributed by atoms with Gasteiger partial charge in [0.1, 0.15) is 5.44 Å². The number of aromatic nitrogens is 1. The van der Waals surface area contributed by atoms with E-state index in [1.54, 1.807) is 29.7 Å². The van der Waals surface area contributed by atoms with Gasteiger partial charge in [-0.05, 0) is 58.4 Å². The highest BCUT2D eigenvalue weighted by Crippen LogP contribution is 2.67. The van der Waals surface area contributed by atoms with Crippen LogP contribution >= 0.6 is 31.1 Å². The van der Waals surface area contributed by atoms with Gasteiger partial charge in [0.05, 0.1) is 28.4 Å². The number of ether oxygens (including phenoxy) is 1. The zero-order valence-corrected chi connectivity index (χ0v) is 20.2. The number of hydrogen-bond acceptors (Lipinski definition) is 7. The van der Waals surface area contributed by atoms with Crippen molar-refractivity contribution in [2.24, 2.45) is 0 Å². The molecule has 158 valence electrons. The Morgan fingerprint density at radius 1 is 1.25 bits per heavy atom. The first-order valence-corrected chi connectivity index (χ1v) is 13.2. The van der Waals surface area contributed by atoms with E-state index in [-0.39, 0.29) is 17.0 Å². The molecule has 5 nitrogen and oxygen atoms in total. The molecule has 2 rings (SSSR count). The molecule has 0 saturated heterocycles. The van der Waals surface area contributed by atoms with Crippen molar-refractivity contribution in [3.05, 3.63) is 39.6 Å². The molecule has 0 unspecified atom stereocenters. The summed E-state index contributed by atoms with van der Waals surface area (Å²) in [5, 5.41) is 0.759. The van der Waals surface area contributed by atoms with Gasteiger partial charge in [-0.15, -0.1) is 11.8 Å². The van der Waals surface area contributed by atoms with Gasteiger partial charge in [0.15, 0.2) is 0 Å². The maximum absolute atomic E-state index is 13.8. The summed E-state index contributed by atoms with van der Waals surface area (Å²) >= 11 is 3.31. The highest BCUT2D eigenvalue weighted by atomic mass is 32.2. The van der Waals surface area contributed by atoms with Gasteiger partial charge >= 0.3 is 7.60 Å². The lowest BCUT2D eigenvalue weighted by Crippen LogP contribution is -2.29. The van der Waals surface area contributed by atoms with Gasteiger partial charge in [-0.25, -0.2) is 0 Å². The second kappa shape index (κ2) is 10.6. The molecule has 0 aliphatic carbocycles. The van der Waals surface area contributed by atoms with E-state index in [2.05, 4.69) is 32.7 Å². The van der Waals surface area contributed by atoms with E-state index < -0.39 is 7.60 Å². The summed E-state index contributed by atoms with van der Waals surface area (Å²) in [5.41, 5.74) is 0.703. The van der Waals surface area contributed by atoms with Crippen LogP contribution in [0.15, 0.2) is 34.1 Å². The quantitative estimate of drug-likeness (QED) is 0.395. The van der Waals surface area contributed by atoms with E-state index in [1.165, 1.54) is 0 Å². The lowest BCUT2D eigenvalue weighted by molar-refractivity contribution is -0.0233. The second-order valence-corrected chi connectivity index (χ2v) is 12.0. The van der Waals surface area contributed by atoms with Gasteiger partial charge in [-0.1, -0.05) is 24.8 Å². The number of nitrogens with zero attached hydrogens (tertiary/aromatic N) is 1. The van der Waals surface area contributed by atoms with Crippen molar-refractivity contribution in [1.82, 2.24) is 4.98 Å². The molecular weight excluding hydrogens is 413 g/mol. The highest BCUT2D eigenvalue weighted by Gasteiger charge is 2.44. The van der Waals surface area contributed by atoms with Crippen LogP contribution in [0.5, 0.6) is 0 Å². The van der Waals surface area contributed by atoms with Crippen LogP contribution in [0.1, 0.15) is 59.4 Å². The molecule has 1 aromatic rings. The molecule has 0 bridgehead atoms. The molecule has 0 fully saturated rings. The smallest absolute Gasteiger partial charge is 0.359 e. The lowest BCUT2D eigenvalue weighted by Gasteiger charge is -2.37. The van der Waals surface area contributed by atoms with E-state index in [0.717, 1.165) is 20.9 Å². The van der Waals surface area contributed by atoms with Crippen molar-refractivity contribution in [2.45, 2.75) is 64.9 Å². The van der Waals surface area contributed by atoms with E-state index >= 15 is 0 Å². The molecule has 0 N–H and O–H groups in total. The normalized spacial score (nSPS) is 21.2. The molecule has 0 spiro atoms. The lowest BCUT2D eigenvalue weighted by atomic mass is 9.97. The number of hydrogen-bond donors (Lipinski definition) is 0. The van der Waals surface area contributed by atoms with Gasteiger partial charge in [-0.2, -0.15) is 0 Å². The fourth-order valence-corrected chi connectivity index (χ4v) is 8.62. The minimum Gasteiger partial charge on any atom is -0.362 e. The molecule has 0 amide bonds. The molecular formula is C20H32NO4PS2. The standard InChI is InChI=1S/C20H32NO4PS2/c1-7-23-26(22,24-8-2)18-16(15-11-10-12-21-14-15)13-17(25-20(4,5)6)28-19(18)27-9-3/h10-12,14,16-17H,7-9,13H2,1-6H3/t16-,17+/m1/s1. The minimum atomic E-state index is -3.43. The maximum atomic E-state index is 13.8. The Balaban J connectivity index is 2.59. The van der Waals surface area contributed by atoms with E-state index in [4.69, 9.17) is 13.8 Å². The molecule has 28 heavy (non-hydrogen) atoms. The van der Waals surface area contributed by atoms with Gasteiger partial charge in [-0.3, -0.25) is 9.55 Å². The Kier molecular flexibility index (Phi) is 9.12. The number of pyridine rings is 1. The zero-order chi connectivity index (χ0) is 20.8. The third-order valence-electron chi connectivity index (χ3n) is 3.95. The average Bonchev–Trinajstić information content (AvgIpc) is 2.61.